The first-order chi connectivity index (χ1) is 8.97. The maximum atomic E-state index is 2.49. The Hall–Kier alpha value is 0.148. The van der Waals surface area contributed by atoms with Crippen LogP contribution in [0.5, 0.6) is 0 Å². The molecule has 0 rings (SSSR count). The van der Waals surface area contributed by atoms with E-state index < -0.39 is 13.3 Å². The van der Waals surface area contributed by atoms with Crippen molar-refractivity contribution in [1.82, 2.24) is 4.90 Å². The maximum absolute atomic E-state index is 2.49. The van der Waals surface area contributed by atoms with Crippen LogP contribution in [0.1, 0.15) is 48.0 Å². The molecule has 0 amide bonds. The van der Waals surface area contributed by atoms with Gasteiger partial charge in [-0.1, -0.05) is 0 Å². The Balaban J connectivity index is 5.95. The van der Waals surface area contributed by atoms with Crippen molar-refractivity contribution in [2.24, 2.45) is 0 Å². The van der Waals surface area contributed by atoms with Crippen molar-refractivity contribution >= 4 is 20.0 Å². The minimum absolute atomic E-state index is 0.803. The predicted octanol–water partition coefficient (Wildman–Crippen LogP) is 5.33. The molecule has 0 heterocycles. The van der Waals surface area contributed by atoms with Crippen LogP contribution in [0, 0.1) is 0 Å². The summed E-state index contributed by atoms with van der Waals surface area (Å²) in [5, 5.41) is 4.30. The van der Waals surface area contributed by atoms with Gasteiger partial charge in [-0.3, -0.25) is 0 Å². The van der Waals surface area contributed by atoms with Crippen LogP contribution in [0.2, 0.25) is 28.4 Å². The average Bonchev–Trinajstić information content (AvgIpc) is 2.43. The molecular weight excluding hydrogens is 290 g/mol. The van der Waals surface area contributed by atoms with E-state index in [1.54, 1.807) is 5.47 Å². The number of rotatable bonds is 9. The minimum atomic E-state index is -1.86. The average molecular weight is 326 g/mol. The molecule has 0 atom stereocenters. The third-order valence-corrected chi connectivity index (χ3v) is 17.4. The number of hydrogen-bond donors (Lipinski definition) is 0. The van der Waals surface area contributed by atoms with Crippen molar-refractivity contribution in [2.45, 2.75) is 76.4 Å². The van der Waals surface area contributed by atoms with Gasteiger partial charge in [-0.15, -0.1) is 0 Å². The summed E-state index contributed by atoms with van der Waals surface area (Å²) >= 11 is -1.86. The summed E-state index contributed by atoms with van der Waals surface area (Å²) in [6.07, 6.45) is 3.84. The molecule has 0 spiro atoms. The summed E-state index contributed by atoms with van der Waals surface area (Å²) < 4.78 is 1.82. The summed E-state index contributed by atoms with van der Waals surface area (Å²) in [5.41, 5.74) is 1.79. The van der Waals surface area contributed by atoms with Gasteiger partial charge in [0.15, 0.2) is 0 Å². The quantitative estimate of drug-likeness (QED) is 0.518. The fourth-order valence-corrected chi connectivity index (χ4v) is 13.3. The van der Waals surface area contributed by atoms with Gasteiger partial charge in [0.05, 0.1) is 0 Å². The van der Waals surface area contributed by atoms with Crippen LogP contribution in [-0.4, -0.2) is 39.0 Å². The van der Waals surface area contributed by atoms with Gasteiger partial charge < -0.3 is 0 Å². The van der Waals surface area contributed by atoms with Gasteiger partial charge >= 0.3 is 125 Å². The summed E-state index contributed by atoms with van der Waals surface area (Å²) in [4.78, 5) is 2.49. The van der Waals surface area contributed by atoms with Gasteiger partial charge in [0.25, 0.3) is 0 Å². The number of hydrogen-bond acceptors (Lipinski definition) is 1. The van der Waals surface area contributed by atoms with Gasteiger partial charge in [0.1, 0.15) is 0 Å². The van der Waals surface area contributed by atoms with E-state index >= 15 is 0 Å². The van der Waals surface area contributed by atoms with Crippen LogP contribution in [-0.2, 0) is 0 Å². The molecule has 0 bridgehead atoms. The van der Waals surface area contributed by atoms with Gasteiger partial charge in [-0.2, -0.15) is 0 Å². The van der Waals surface area contributed by atoms with Gasteiger partial charge in [-0.05, 0) is 0 Å². The van der Waals surface area contributed by atoms with Crippen molar-refractivity contribution in [3.05, 3.63) is 10.0 Å². The van der Waals surface area contributed by atoms with E-state index in [4.69, 9.17) is 0 Å². The molecule has 0 N–H and O–H groups in total. The Bertz CT molecular complexity index is 270. The Morgan fingerprint density at radius 2 is 1.26 bits per heavy atom. The number of allylic oxidation sites excluding steroid dienone is 1. The molecule has 0 saturated carbocycles. The predicted molar refractivity (Wildman–Crippen MR) is 94.9 cm³/mol. The summed E-state index contributed by atoms with van der Waals surface area (Å²) in [6.45, 7) is 15.2. The molecule has 0 aliphatic carbocycles. The third kappa shape index (κ3) is 4.31. The zero-order valence-corrected chi connectivity index (χ0v) is 16.9. The fraction of sp³-hybridized carbons (Fsp3) is 0.875. The molecule has 0 aliphatic heterocycles. The molecule has 0 unspecified atom stereocenters. The van der Waals surface area contributed by atoms with Crippen LogP contribution in [0.3, 0.4) is 0 Å². The molecule has 0 aromatic heterocycles. The molecule has 0 aromatic carbocycles. The Morgan fingerprint density at radius 1 is 0.842 bits per heavy atom. The Labute approximate surface area is 125 Å². The van der Waals surface area contributed by atoms with E-state index in [1.165, 1.54) is 34.8 Å². The van der Waals surface area contributed by atoms with E-state index in [2.05, 4.69) is 60.5 Å². The Morgan fingerprint density at radius 3 is 1.47 bits per heavy atom. The summed E-state index contributed by atoms with van der Waals surface area (Å²) in [7, 11) is 4.57. The van der Waals surface area contributed by atoms with Crippen LogP contribution in [0.15, 0.2) is 10.0 Å². The van der Waals surface area contributed by atoms with E-state index in [9.17, 15) is 0 Å². The van der Waals surface area contributed by atoms with Crippen LogP contribution in [0.4, 0.5) is 0 Å². The van der Waals surface area contributed by atoms with Crippen molar-refractivity contribution in [3.8, 4) is 0 Å². The fourth-order valence-electron chi connectivity index (χ4n) is 3.79. The van der Waals surface area contributed by atoms with Crippen molar-refractivity contribution < 1.29 is 0 Å². The second kappa shape index (κ2) is 9.15. The van der Waals surface area contributed by atoms with E-state index in [1.807, 2.05) is 4.53 Å². The SMILES string of the molecule is CCB(CC)/C(CC)=[C](/N(C)C)[Ge]([CH2]C)([CH2]C)[CH2]C. The molecule has 112 valence electrons. The van der Waals surface area contributed by atoms with Gasteiger partial charge in [-0.25, -0.2) is 0 Å². The third-order valence-electron chi connectivity index (χ3n) is 5.14. The van der Waals surface area contributed by atoms with Gasteiger partial charge in [0.2, 0.25) is 0 Å². The van der Waals surface area contributed by atoms with Gasteiger partial charge in [0, 0.05) is 0 Å². The van der Waals surface area contributed by atoms with Crippen molar-refractivity contribution in [3.63, 3.8) is 0 Å². The summed E-state index contributed by atoms with van der Waals surface area (Å²) in [5.74, 6) is 0. The molecule has 3 heteroatoms. The van der Waals surface area contributed by atoms with Crippen molar-refractivity contribution in [1.29, 1.82) is 0 Å². The summed E-state index contributed by atoms with van der Waals surface area (Å²) in [6, 6.07) is 0. The second-order valence-electron chi connectivity index (χ2n) is 5.98. The monoisotopic (exact) mass is 327 g/mol. The Kier molecular flexibility index (Phi) is 9.22. The molecule has 0 aromatic rings. The molecule has 1 nitrogen and oxygen atoms in total. The van der Waals surface area contributed by atoms with Crippen LogP contribution in [0.25, 0.3) is 0 Å². The molecule has 0 aliphatic rings. The van der Waals surface area contributed by atoms with Crippen LogP contribution >= 0.6 is 0 Å². The zero-order chi connectivity index (χ0) is 15.1. The number of nitrogens with zero attached hydrogens (tertiary/aromatic N) is 1. The first-order valence-electron chi connectivity index (χ1n) is 8.38. The van der Waals surface area contributed by atoms with Crippen LogP contribution < -0.4 is 0 Å². The van der Waals surface area contributed by atoms with E-state index in [-0.39, 0.29) is 0 Å². The zero-order valence-electron chi connectivity index (χ0n) is 14.8. The van der Waals surface area contributed by atoms with Crippen molar-refractivity contribution in [2.75, 3.05) is 14.1 Å². The normalized spacial score (nSPS) is 13.3. The second-order valence-corrected chi connectivity index (χ2v) is 16.8. The van der Waals surface area contributed by atoms with E-state index in [0.717, 1.165) is 6.71 Å². The van der Waals surface area contributed by atoms with E-state index in [0.29, 0.717) is 0 Å². The molecule has 0 saturated heterocycles. The molecular formula is C16H36BGeN. The molecule has 19 heavy (non-hydrogen) atoms. The first kappa shape index (κ1) is 19.1. The first-order valence-corrected chi connectivity index (χ1v) is 13.9. The standard InChI is InChI=1S/C16H36BGeN/c1-9-15(17(10-2)11-3)16(19(7)8)18(12-4,13-5)14-6/h9-14H2,1-8H3/b16-15+. The molecule has 0 fully saturated rings. The topological polar surface area (TPSA) is 3.24 Å². The molecule has 0 radical (unpaired) electrons.